The minimum Gasteiger partial charge on any atom is -0.200 e. The number of halogens is 1. The molecule has 0 unspecified atom stereocenters. The fraction of sp³-hybridized carbons (Fsp3) is 0.200. The molecule has 1 aliphatic heterocycles. The van der Waals surface area contributed by atoms with Crippen LogP contribution in [0, 0.1) is 0 Å². The van der Waals surface area contributed by atoms with Crippen molar-refractivity contribution in [1.82, 2.24) is 0 Å². The van der Waals surface area contributed by atoms with Crippen molar-refractivity contribution in [3.05, 3.63) is 23.0 Å². The molecule has 1 heterocycles. The largest absolute Gasteiger partial charge is 0.200 e. The van der Waals surface area contributed by atoms with E-state index in [-0.39, 0.29) is 10.9 Å². The zero-order chi connectivity index (χ0) is 5.11. The van der Waals surface area contributed by atoms with Crippen LogP contribution in [0.25, 0.3) is 0 Å². The molecule has 0 spiro atoms. The van der Waals surface area contributed by atoms with Gasteiger partial charge in [0.15, 0.2) is 0 Å². The van der Waals surface area contributed by atoms with E-state index in [1.165, 1.54) is 0 Å². The molecule has 0 fully saturated rings. The highest BCUT2D eigenvalue weighted by Gasteiger charge is 1.92. The third-order valence-corrected chi connectivity index (χ3v) is 3.02. The van der Waals surface area contributed by atoms with Gasteiger partial charge in [0.25, 0.3) is 0 Å². The summed E-state index contributed by atoms with van der Waals surface area (Å²) in [6.07, 6.45) is 4.10. The quantitative estimate of drug-likeness (QED) is 0.413. The van der Waals surface area contributed by atoms with Crippen molar-refractivity contribution < 1.29 is 0 Å². The highest BCUT2D eigenvalue weighted by atomic mass is 35.5. The van der Waals surface area contributed by atoms with Gasteiger partial charge in [0, 0.05) is 0 Å². The molecule has 0 amide bonds. The number of hydrogen-bond donors (Lipinski definition) is 1. The van der Waals surface area contributed by atoms with Crippen LogP contribution in [0.2, 0.25) is 0 Å². The van der Waals surface area contributed by atoms with Crippen molar-refractivity contribution in [2.45, 2.75) is 0 Å². The van der Waals surface area contributed by atoms with E-state index in [0.717, 1.165) is 5.21 Å². The average molecular weight is 135 g/mol. The minimum absolute atomic E-state index is 0.0386. The van der Waals surface area contributed by atoms with E-state index in [1.807, 2.05) is 12.2 Å². The molecule has 0 saturated heterocycles. The van der Waals surface area contributed by atoms with Crippen LogP contribution < -0.4 is 0 Å². The van der Waals surface area contributed by atoms with E-state index < -0.39 is 0 Å². The topological polar surface area (TPSA) is 0 Å². The molecule has 0 aromatic heterocycles. The Morgan fingerprint density at radius 1 is 1.29 bits per heavy atom. The molecule has 40 valence electrons. The standard InChI is InChI=1S/C5H7ClS/c6-5-7-3-1-2-4-7/h1-4,7H,5H2. The third kappa shape index (κ3) is 1.25. The summed E-state index contributed by atoms with van der Waals surface area (Å²) in [6, 6.07) is 0. The van der Waals surface area contributed by atoms with Crippen LogP contribution in [-0.2, 0) is 0 Å². The van der Waals surface area contributed by atoms with Gasteiger partial charge < -0.3 is 0 Å². The van der Waals surface area contributed by atoms with E-state index in [4.69, 9.17) is 11.6 Å². The van der Waals surface area contributed by atoms with Crippen LogP contribution in [0.15, 0.2) is 23.0 Å². The van der Waals surface area contributed by atoms with Crippen molar-refractivity contribution in [1.29, 1.82) is 0 Å². The first-order valence-corrected chi connectivity index (χ1v) is 4.30. The van der Waals surface area contributed by atoms with Gasteiger partial charge in [-0.3, -0.25) is 0 Å². The highest BCUT2D eigenvalue weighted by molar-refractivity contribution is 8.23. The summed E-state index contributed by atoms with van der Waals surface area (Å²) < 4.78 is 0. The van der Waals surface area contributed by atoms with E-state index >= 15 is 0 Å². The summed E-state index contributed by atoms with van der Waals surface area (Å²) in [7, 11) is -0.0386. The molecule has 1 rings (SSSR count). The van der Waals surface area contributed by atoms with E-state index in [1.54, 1.807) is 0 Å². The van der Waals surface area contributed by atoms with Gasteiger partial charge in [-0.2, -0.15) is 10.9 Å². The molecule has 0 bridgehead atoms. The Balaban J connectivity index is 2.44. The maximum Gasteiger partial charge on any atom is 0.0567 e. The summed E-state index contributed by atoms with van der Waals surface area (Å²) in [5, 5.41) is 5.09. The highest BCUT2D eigenvalue weighted by Crippen LogP contribution is 2.32. The Morgan fingerprint density at radius 3 is 2.14 bits per heavy atom. The molecule has 1 aliphatic rings. The molecule has 0 nitrogen and oxygen atoms in total. The third-order valence-electron chi connectivity index (χ3n) is 0.804. The summed E-state index contributed by atoms with van der Waals surface area (Å²) in [5.74, 6) is 0. The Labute approximate surface area is 51.2 Å². The van der Waals surface area contributed by atoms with Crippen molar-refractivity contribution in [2.75, 3.05) is 5.21 Å². The Bertz CT molecular complexity index is 94.6. The summed E-state index contributed by atoms with van der Waals surface area (Å²) in [4.78, 5) is 0. The maximum absolute atomic E-state index is 5.53. The lowest BCUT2D eigenvalue weighted by molar-refractivity contribution is 2.15. The monoisotopic (exact) mass is 134 g/mol. The normalized spacial score (nSPS) is 21.6. The van der Waals surface area contributed by atoms with Crippen LogP contribution in [0.4, 0.5) is 0 Å². The van der Waals surface area contributed by atoms with Gasteiger partial charge in [0.05, 0.1) is 5.21 Å². The predicted octanol–water partition coefficient (Wildman–Crippen LogP) is 2.22. The second kappa shape index (κ2) is 2.43. The van der Waals surface area contributed by atoms with Crippen LogP contribution in [0.5, 0.6) is 0 Å². The van der Waals surface area contributed by atoms with Gasteiger partial charge in [0.1, 0.15) is 0 Å². The molecule has 7 heavy (non-hydrogen) atoms. The van der Waals surface area contributed by atoms with Gasteiger partial charge in [-0.1, -0.05) is 12.2 Å². The Hall–Kier alpha value is 0.120. The van der Waals surface area contributed by atoms with Crippen LogP contribution in [0.3, 0.4) is 0 Å². The number of allylic oxidation sites excluding steroid dienone is 2. The Kier molecular flexibility index (Phi) is 1.83. The lowest BCUT2D eigenvalue weighted by Crippen LogP contribution is -1.62. The van der Waals surface area contributed by atoms with Gasteiger partial charge in [-0.05, 0) is 10.8 Å². The van der Waals surface area contributed by atoms with Crippen LogP contribution >= 0.6 is 22.5 Å². The molecular formula is C5H7ClS. The molecule has 0 atom stereocenters. The zero-order valence-corrected chi connectivity index (χ0v) is 5.49. The fourth-order valence-corrected chi connectivity index (χ4v) is 1.83. The average Bonchev–Trinajstić information content (AvgIpc) is 2.14. The van der Waals surface area contributed by atoms with Crippen LogP contribution in [0.1, 0.15) is 0 Å². The van der Waals surface area contributed by atoms with Gasteiger partial charge >= 0.3 is 0 Å². The summed E-state index contributed by atoms with van der Waals surface area (Å²) in [5.41, 5.74) is 0. The van der Waals surface area contributed by atoms with Crippen molar-refractivity contribution in [3.8, 4) is 0 Å². The number of hydrogen-bond acceptors (Lipinski definition) is 0. The minimum atomic E-state index is -0.0386. The lowest BCUT2D eigenvalue weighted by Gasteiger charge is -1.99. The summed E-state index contributed by atoms with van der Waals surface area (Å²) in [6.45, 7) is 0. The molecule has 0 radical (unpaired) electrons. The second-order valence-corrected chi connectivity index (χ2v) is 3.90. The van der Waals surface area contributed by atoms with Gasteiger partial charge in [0.2, 0.25) is 0 Å². The molecule has 0 N–H and O–H groups in total. The maximum atomic E-state index is 5.53. The first kappa shape index (κ1) is 5.26. The van der Waals surface area contributed by atoms with E-state index in [9.17, 15) is 0 Å². The number of thiol groups is 1. The zero-order valence-electron chi connectivity index (χ0n) is 3.84. The first-order chi connectivity index (χ1) is 3.43. The first-order valence-electron chi connectivity index (χ1n) is 2.10. The van der Waals surface area contributed by atoms with E-state index in [2.05, 4.69) is 10.8 Å². The fourth-order valence-electron chi connectivity index (χ4n) is 0.450. The second-order valence-electron chi connectivity index (χ2n) is 1.32. The molecule has 0 aromatic carbocycles. The van der Waals surface area contributed by atoms with Crippen molar-refractivity contribution >= 4 is 22.5 Å². The summed E-state index contributed by atoms with van der Waals surface area (Å²) >= 11 is 5.53. The smallest absolute Gasteiger partial charge is 0.0567 e. The molecule has 2 heteroatoms. The van der Waals surface area contributed by atoms with Gasteiger partial charge in [-0.15, -0.1) is 11.6 Å². The van der Waals surface area contributed by atoms with Crippen LogP contribution in [-0.4, -0.2) is 5.21 Å². The van der Waals surface area contributed by atoms with Gasteiger partial charge in [-0.25, -0.2) is 0 Å². The van der Waals surface area contributed by atoms with Crippen molar-refractivity contribution in [2.24, 2.45) is 0 Å². The SMILES string of the molecule is ClC[SH]1C=CC=C1. The predicted molar refractivity (Wildman–Crippen MR) is 38.0 cm³/mol. The molecule has 0 aliphatic carbocycles. The van der Waals surface area contributed by atoms with Crippen molar-refractivity contribution in [3.63, 3.8) is 0 Å². The molecule has 0 saturated carbocycles. The molecular weight excluding hydrogens is 128 g/mol. The number of rotatable bonds is 1. The number of alkyl halides is 1. The Morgan fingerprint density at radius 2 is 1.86 bits per heavy atom. The lowest BCUT2D eigenvalue weighted by atomic mass is 10.6. The molecule has 0 aromatic rings. The van der Waals surface area contributed by atoms with E-state index in [0.29, 0.717) is 0 Å².